The van der Waals surface area contributed by atoms with Crippen molar-refractivity contribution in [2.24, 2.45) is 0 Å². The highest BCUT2D eigenvalue weighted by molar-refractivity contribution is 5.79. The van der Waals surface area contributed by atoms with Gasteiger partial charge in [0.15, 0.2) is 0 Å². The molecule has 1 fully saturated rings. The first kappa shape index (κ1) is 12.4. The maximum absolute atomic E-state index is 9.54. The van der Waals surface area contributed by atoms with E-state index >= 15 is 0 Å². The molecule has 7 nitrogen and oxygen atoms in total. The van der Waals surface area contributed by atoms with Crippen LogP contribution in [0.4, 0.5) is 0 Å². The van der Waals surface area contributed by atoms with E-state index in [-0.39, 0.29) is 12.1 Å². The van der Waals surface area contributed by atoms with Gasteiger partial charge in [-0.15, -0.1) is 0 Å². The molecule has 7 heteroatoms. The number of aliphatic hydroxyl groups excluding tert-OH is 1. The highest BCUT2D eigenvalue weighted by Crippen LogP contribution is 2.25. The van der Waals surface area contributed by atoms with Crippen LogP contribution in [0.2, 0.25) is 0 Å². The van der Waals surface area contributed by atoms with Crippen LogP contribution in [-0.2, 0) is 0 Å². The van der Waals surface area contributed by atoms with Gasteiger partial charge in [0.05, 0.1) is 23.2 Å². The molecule has 0 bridgehead atoms. The molecule has 3 heterocycles. The summed E-state index contributed by atoms with van der Waals surface area (Å²) in [6.45, 7) is 0.550. The van der Waals surface area contributed by atoms with Crippen molar-refractivity contribution in [3.05, 3.63) is 36.5 Å². The van der Waals surface area contributed by atoms with Crippen LogP contribution >= 0.6 is 0 Å². The van der Waals surface area contributed by atoms with Crippen molar-refractivity contribution in [3.63, 3.8) is 0 Å². The number of benzene rings is 1. The molecule has 0 amide bonds. The largest absolute Gasteiger partial charge is 0.392 e. The van der Waals surface area contributed by atoms with Gasteiger partial charge in [0.1, 0.15) is 0 Å². The first-order valence-electron chi connectivity index (χ1n) is 6.76. The molecular formula is C14H13N5O2. The van der Waals surface area contributed by atoms with Crippen LogP contribution in [-0.4, -0.2) is 37.9 Å². The molecule has 0 spiro atoms. The molecule has 0 aliphatic carbocycles. The van der Waals surface area contributed by atoms with Crippen molar-refractivity contribution in [1.29, 1.82) is 0 Å². The molecule has 106 valence electrons. The Morgan fingerprint density at radius 3 is 2.86 bits per heavy atom. The molecule has 0 radical (unpaired) electrons. The summed E-state index contributed by atoms with van der Waals surface area (Å²) in [6.07, 6.45) is 3.54. The second-order valence-electron chi connectivity index (χ2n) is 5.07. The first-order chi connectivity index (χ1) is 10.3. The maximum Gasteiger partial charge on any atom is 0.244 e. The lowest BCUT2D eigenvalue weighted by atomic mass is 10.2. The minimum absolute atomic E-state index is 0.0819. The van der Waals surface area contributed by atoms with E-state index in [1.807, 2.05) is 18.2 Å². The molecule has 3 aromatic rings. The number of hydrogen-bond donors (Lipinski definition) is 2. The molecule has 21 heavy (non-hydrogen) atoms. The number of hydrogen-bond acceptors (Lipinski definition) is 7. The van der Waals surface area contributed by atoms with E-state index < -0.39 is 0 Å². The highest BCUT2D eigenvalue weighted by atomic mass is 16.5. The van der Waals surface area contributed by atoms with Gasteiger partial charge in [0, 0.05) is 24.5 Å². The Morgan fingerprint density at radius 1 is 1.19 bits per heavy atom. The lowest BCUT2D eigenvalue weighted by Gasteiger charge is -2.01. The second kappa shape index (κ2) is 4.87. The smallest absolute Gasteiger partial charge is 0.244 e. The monoisotopic (exact) mass is 283 g/mol. The van der Waals surface area contributed by atoms with Gasteiger partial charge in [0.25, 0.3) is 0 Å². The Bertz CT molecular complexity index is 788. The van der Waals surface area contributed by atoms with E-state index in [0.717, 1.165) is 16.6 Å². The number of aromatic nitrogens is 4. The SMILES string of the molecule is OC1CNC(c2nc(-c3ccc4nccnc4c3)no2)C1. The number of fused-ring (bicyclic) bond motifs is 1. The Morgan fingerprint density at radius 2 is 2.05 bits per heavy atom. The minimum atomic E-state index is -0.360. The van der Waals surface area contributed by atoms with Crippen molar-refractivity contribution >= 4 is 11.0 Å². The average Bonchev–Trinajstić information content (AvgIpc) is 3.15. The highest BCUT2D eigenvalue weighted by Gasteiger charge is 2.28. The van der Waals surface area contributed by atoms with Gasteiger partial charge in [-0.25, -0.2) is 0 Å². The number of nitrogens with one attached hydrogen (secondary N) is 1. The zero-order valence-electron chi connectivity index (χ0n) is 11.1. The molecule has 1 saturated heterocycles. The van der Waals surface area contributed by atoms with Crippen molar-refractivity contribution < 1.29 is 9.63 Å². The van der Waals surface area contributed by atoms with E-state index in [2.05, 4.69) is 25.4 Å². The van der Waals surface area contributed by atoms with Gasteiger partial charge in [-0.1, -0.05) is 5.16 Å². The van der Waals surface area contributed by atoms with Crippen LogP contribution in [0.25, 0.3) is 22.4 Å². The van der Waals surface area contributed by atoms with Crippen LogP contribution in [0.1, 0.15) is 18.4 Å². The third-order valence-electron chi connectivity index (χ3n) is 3.58. The van der Waals surface area contributed by atoms with Crippen LogP contribution in [0, 0.1) is 0 Å². The van der Waals surface area contributed by atoms with Crippen molar-refractivity contribution in [3.8, 4) is 11.4 Å². The van der Waals surface area contributed by atoms with Gasteiger partial charge in [0.2, 0.25) is 11.7 Å². The fourth-order valence-corrected chi connectivity index (χ4v) is 2.50. The molecule has 2 unspecified atom stereocenters. The summed E-state index contributed by atoms with van der Waals surface area (Å²) < 4.78 is 5.29. The Kier molecular flexibility index (Phi) is 2.87. The minimum Gasteiger partial charge on any atom is -0.392 e. The van der Waals surface area contributed by atoms with E-state index in [0.29, 0.717) is 24.7 Å². The number of β-amino-alcohol motifs (C(OH)–C–C–N with tert-alkyl or cyclic N) is 1. The molecule has 2 atom stereocenters. The molecule has 0 saturated carbocycles. The summed E-state index contributed by atoms with van der Waals surface area (Å²) in [5.41, 5.74) is 2.44. The van der Waals surface area contributed by atoms with Gasteiger partial charge in [-0.05, 0) is 24.6 Å². The summed E-state index contributed by atoms with van der Waals surface area (Å²) in [7, 11) is 0. The maximum atomic E-state index is 9.54. The third-order valence-corrected chi connectivity index (χ3v) is 3.58. The Labute approximate surface area is 120 Å². The summed E-state index contributed by atoms with van der Waals surface area (Å²) in [4.78, 5) is 12.9. The molecular weight excluding hydrogens is 270 g/mol. The van der Waals surface area contributed by atoms with Crippen molar-refractivity contribution in [1.82, 2.24) is 25.4 Å². The van der Waals surface area contributed by atoms with Gasteiger partial charge in [-0.2, -0.15) is 4.98 Å². The van der Waals surface area contributed by atoms with Crippen molar-refractivity contribution in [2.75, 3.05) is 6.54 Å². The summed E-state index contributed by atoms with van der Waals surface area (Å²) in [6, 6.07) is 5.57. The van der Waals surface area contributed by atoms with E-state index in [1.54, 1.807) is 12.4 Å². The third kappa shape index (κ3) is 2.26. The zero-order valence-corrected chi connectivity index (χ0v) is 11.1. The normalized spacial score (nSPS) is 22.0. The second-order valence-corrected chi connectivity index (χ2v) is 5.07. The fourth-order valence-electron chi connectivity index (χ4n) is 2.50. The predicted octanol–water partition coefficient (Wildman–Crippen LogP) is 1.08. The number of aliphatic hydroxyl groups is 1. The van der Waals surface area contributed by atoms with E-state index in [4.69, 9.17) is 4.52 Å². The Balaban J connectivity index is 1.67. The molecule has 2 aromatic heterocycles. The molecule has 1 aliphatic heterocycles. The van der Waals surface area contributed by atoms with Crippen LogP contribution in [0.5, 0.6) is 0 Å². The lowest BCUT2D eigenvalue weighted by Crippen LogP contribution is -2.15. The lowest BCUT2D eigenvalue weighted by molar-refractivity contribution is 0.191. The fraction of sp³-hybridized carbons (Fsp3) is 0.286. The summed E-state index contributed by atoms with van der Waals surface area (Å²) in [5.74, 6) is 1.02. The molecule has 1 aromatic carbocycles. The Hall–Kier alpha value is -2.38. The summed E-state index contributed by atoms with van der Waals surface area (Å²) >= 11 is 0. The van der Waals surface area contributed by atoms with Gasteiger partial charge < -0.3 is 14.9 Å². The van der Waals surface area contributed by atoms with Crippen LogP contribution < -0.4 is 5.32 Å². The topological polar surface area (TPSA) is 97.0 Å². The van der Waals surface area contributed by atoms with E-state index in [9.17, 15) is 5.11 Å². The van der Waals surface area contributed by atoms with E-state index in [1.165, 1.54) is 0 Å². The number of rotatable bonds is 2. The zero-order chi connectivity index (χ0) is 14.2. The number of nitrogens with zero attached hydrogens (tertiary/aromatic N) is 4. The average molecular weight is 283 g/mol. The van der Waals surface area contributed by atoms with Gasteiger partial charge >= 0.3 is 0 Å². The predicted molar refractivity (Wildman–Crippen MR) is 74.2 cm³/mol. The summed E-state index contributed by atoms with van der Waals surface area (Å²) in [5, 5.41) is 16.7. The molecule has 4 rings (SSSR count). The van der Waals surface area contributed by atoms with Crippen molar-refractivity contribution in [2.45, 2.75) is 18.6 Å². The van der Waals surface area contributed by atoms with Crippen LogP contribution in [0.15, 0.2) is 35.1 Å². The van der Waals surface area contributed by atoms with Crippen LogP contribution in [0.3, 0.4) is 0 Å². The quantitative estimate of drug-likeness (QED) is 0.726. The first-order valence-corrected chi connectivity index (χ1v) is 6.76. The standard InChI is InChI=1S/C14H13N5O2/c20-9-6-12(17-7-9)14-18-13(19-21-14)8-1-2-10-11(5-8)16-4-3-15-10/h1-5,9,12,17,20H,6-7H2. The van der Waals surface area contributed by atoms with Gasteiger partial charge in [-0.3, -0.25) is 9.97 Å². The molecule has 1 aliphatic rings. The molecule has 2 N–H and O–H groups in total.